The topological polar surface area (TPSA) is 50.1 Å². The Morgan fingerprint density at radius 3 is 2.58 bits per heavy atom. The lowest BCUT2D eigenvalue weighted by molar-refractivity contribution is 0.403. The van der Waals surface area contributed by atoms with E-state index in [1.807, 2.05) is 19.9 Å². The molecule has 0 bridgehead atoms. The third-order valence-electron chi connectivity index (χ3n) is 1.37. The van der Waals surface area contributed by atoms with Crippen molar-refractivity contribution in [2.24, 2.45) is 0 Å². The van der Waals surface area contributed by atoms with Crippen molar-refractivity contribution in [1.82, 2.24) is 0 Å². The van der Waals surface area contributed by atoms with Crippen molar-refractivity contribution < 1.29 is 9.09 Å². The zero-order chi connectivity index (χ0) is 9.61. The van der Waals surface area contributed by atoms with E-state index in [1.54, 1.807) is 0 Å². The number of hydrogen-bond donors (Lipinski definition) is 0. The highest BCUT2D eigenvalue weighted by molar-refractivity contribution is 8.56. The molecule has 0 N–H and O–H groups in total. The van der Waals surface area contributed by atoms with Crippen LogP contribution in [-0.4, -0.2) is 18.5 Å². The second-order valence-corrected chi connectivity index (χ2v) is 8.00. The summed E-state index contributed by atoms with van der Waals surface area (Å²) in [5.74, 6) is 0.583. The molecule has 1 unspecified atom stereocenters. The van der Waals surface area contributed by atoms with Gasteiger partial charge in [0.05, 0.1) is 6.07 Å². The average molecular weight is 207 g/mol. The minimum absolute atomic E-state index is 0.0196. The molecule has 0 aromatic heterocycles. The molecule has 0 aliphatic heterocycles. The Labute approximate surface area is 77.7 Å². The Balaban J connectivity index is 4.00. The molecule has 0 rings (SSSR count). The minimum atomic E-state index is -2.54. The van der Waals surface area contributed by atoms with Crippen LogP contribution < -0.4 is 0 Å². The molecule has 0 radical (unpaired) electrons. The standard InChI is InChI=1S/C7H14NO2PS/c1-7(2)11(9,10-3)12-6-4-5-8/h7H,4,6H2,1-3H3. The van der Waals surface area contributed by atoms with Gasteiger partial charge in [-0.1, -0.05) is 25.2 Å². The predicted octanol–water partition coefficient (Wildman–Crippen LogP) is 2.88. The SMILES string of the molecule is COP(=O)(SCCC#N)C(C)C. The summed E-state index contributed by atoms with van der Waals surface area (Å²) in [6, 6.07) is 2.01. The lowest BCUT2D eigenvalue weighted by atomic mass is 10.6. The van der Waals surface area contributed by atoms with Gasteiger partial charge in [0.2, 0.25) is 0 Å². The quantitative estimate of drug-likeness (QED) is 0.513. The molecule has 12 heavy (non-hydrogen) atoms. The van der Waals surface area contributed by atoms with Crippen molar-refractivity contribution in [3.63, 3.8) is 0 Å². The van der Waals surface area contributed by atoms with E-state index in [-0.39, 0.29) is 5.66 Å². The second kappa shape index (κ2) is 5.64. The lowest BCUT2D eigenvalue weighted by Crippen LogP contribution is -1.97. The fourth-order valence-electron chi connectivity index (χ4n) is 0.631. The van der Waals surface area contributed by atoms with Crippen LogP contribution in [0.2, 0.25) is 0 Å². The summed E-state index contributed by atoms with van der Waals surface area (Å²) in [7, 11) is 1.46. The summed E-state index contributed by atoms with van der Waals surface area (Å²) >= 11 is 1.27. The third kappa shape index (κ3) is 3.62. The fraction of sp³-hybridized carbons (Fsp3) is 0.857. The summed E-state index contributed by atoms with van der Waals surface area (Å²) in [6.45, 7) is 1.19. The van der Waals surface area contributed by atoms with Gasteiger partial charge < -0.3 is 4.52 Å². The summed E-state index contributed by atoms with van der Waals surface area (Å²) in [6.07, 6.45) is 0.421. The number of nitriles is 1. The molecule has 0 saturated heterocycles. The van der Waals surface area contributed by atoms with Gasteiger partial charge in [0.1, 0.15) is 0 Å². The van der Waals surface area contributed by atoms with Crippen molar-refractivity contribution in [3.05, 3.63) is 0 Å². The van der Waals surface area contributed by atoms with Crippen molar-refractivity contribution >= 4 is 18.0 Å². The molecule has 0 spiro atoms. The van der Waals surface area contributed by atoms with Crippen molar-refractivity contribution in [3.8, 4) is 6.07 Å². The highest BCUT2D eigenvalue weighted by atomic mass is 32.7. The van der Waals surface area contributed by atoms with E-state index in [2.05, 4.69) is 0 Å². The highest BCUT2D eigenvalue weighted by Crippen LogP contribution is 2.62. The van der Waals surface area contributed by atoms with Crippen molar-refractivity contribution in [2.45, 2.75) is 25.9 Å². The van der Waals surface area contributed by atoms with Crippen LogP contribution in [0.4, 0.5) is 0 Å². The van der Waals surface area contributed by atoms with Crippen LogP contribution in [0.15, 0.2) is 0 Å². The third-order valence-corrected chi connectivity index (χ3v) is 7.23. The highest BCUT2D eigenvalue weighted by Gasteiger charge is 2.26. The zero-order valence-electron chi connectivity index (χ0n) is 7.61. The molecule has 0 aromatic rings. The van der Waals surface area contributed by atoms with E-state index in [1.165, 1.54) is 18.5 Å². The molecular formula is C7H14NO2PS. The van der Waals surface area contributed by atoms with Gasteiger partial charge in [-0.05, 0) is 0 Å². The van der Waals surface area contributed by atoms with Crippen LogP contribution >= 0.6 is 18.0 Å². The molecule has 5 heteroatoms. The Bertz CT molecular complexity index is 212. The Kier molecular flexibility index (Phi) is 5.65. The maximum Gasteiger partial charge on any atom is 0.259 e. The number of nitrogens with zero attached hydrogens (tertiary/aromatic N) is 1. The maximum absolute atomic E-state index is 11.8. The average Bonchev–Trinajstić information content (AvgIpc) is 2.04. The van der Waals surface area contributed by atoms with Gasteiger partial charge in [-0.15, -0.1) is 0 Å². The molecular weight excluding hydrogens is 193 g/mol. The summed E-state index contributed by atoms with van der Waals surface area (Å²) < 4.78 is 16.7. The molecule has 0 fully saturated rings. The summed E-state index contributed by atoms with van der Waals surface area (Å²) in [5.41, 5.74) is 0.0196. The molecule has 3 nitrogen and oxygen atoms in total. The molecule has 1 atom stereocenters. The number of rotatable bonds is 5. The van der Waals surface area contributed by atoms with Gasteiger partial charge in [-0.25, -0.2) is 0 Å². The zero-order valence-corrected chi connectivity index (χ0v) is 9.32. The van der Waals surface area contributed by atoms with Crippen LogP contribution in [0.1, 0.15) is 20.3 Å². The van der Waals surface area contributed by atoms with Crippen LogP contribution in [-0.2, 0) is 9.09 Å². The van der Waals surface area contributed by atoms with Crippen LogP contribution in [0.25, 0.3) is 0 Å². The van der Waals surface area contributed by atoms with Gasteiger partial charge in [0, 0.05) is 24.9 Å². The molecule has 0 aliphatic rings. The Hall–Kier alpha value is 0.0300. The van der Waals surface area contributed by atoms with Gasteiger partial charge in [0.15, 0.2) is 0 Å². The van der Waals surface area contributed by atoms with E-state index in [9.17, 15) is 4.57 Å². The van der Waals surface area contributed by atoms with E-state index < -0.39 is 6.57 Å². The molecule has 70 valence electrons. The lowest BCUT2D eigenvalue weighted by Gasteiger charge is -2.17. The molecule has 0 heterocycles. The van der Waals surface area contributed by atoms with E-state index in [0.717, 1.165) is 0 Å². The summed E-state index contributed by atoms with van der Waals surface area (Å²) in [5, 5.41) is 8.28. The van der Waals surface area contributed by atoms with Gasteiger partial charge >= 0.3 is 0 Å². The fourth-order valence-corrected chi connectivity index (χ4v) is 4.14. The minimum Gasteiger partial charge on any atom is -0.324 e. The monoisotopic (exact) mass is 207 g/mol. The maximum atomic E-state index is 11.8. The molecule has 0 aromatic carbocycles. The van der Waals surface area contributed by atoms with E-state index in [4.69, 9.17) is 9.79 Å². The van der Waals surface area contributed by atoms with Crippen LogP contribution in [0, 0.1) is 11.3 Å². The van der Waals surface area contributed by atoms with Crippen LogP contribution in [0.5, 0.6) is 0 Å². The number of hydrogen-bond acceptors (Lipinski definition) is 4. The van der Waals surface area contributed by atoms with Crippen molar-refractivity contribution in [1.29, 1.82) is 5.26 Å². The smallest absolute Gasteiger partial charge is 0.259 e. The Morgan fingerprint density at radius 2 is 2.25 bits per heavy atom. The van der Waals surface area contributed by atoms with Crippen LogP contribution in [0.3, 0.4) is 0 Å². The first kappa shape index (κ1) is 12.0. The van der Waals surface area contributed by atoms with Gasteiger partial charge in [-0.2, -0.15) is 5.26 Å². The molecule has 0 saturated carbocycles. The second-order valence-electron chi connectivity index (χ2n) is 2.56. The van der Waals surface area contributed by atoms with Crippen molar-refractivity contribution in [2.75, 3.05) is 12.9 Å². The van der Waals surface area contributed by atoms with Gasteiger partial charge in [0.25, 0.3) is 6.57 Å². The van der Waals surface area contributed by atoms with E-state index >= 15 is 0 Å². The molecule has 0 aliphatic carbocycles. The summed E-state index contributed by atoms with van der Waals surface area (Å²) in [4.78, 5) is 0. The first-order chi connectivity index (χ1) is 5.56. The first-order valence-electron chi connectivity index (χ1n) is 3.73. The normalized spacial score (nSPS) is 15.6. The van der Waals surface area contributed by atoms with E-state index in [0.29, 0.717) is 12.2 Å². The Morgan fingerprint density at radius 1 is 1.67 bits per heavy atom. The van der Waals surface area contributed by atoms with Gasteiger partial charge in [-0.3, -0.25) is 4.57 Å². The first-order valence-corrected chi connectivity index (χ1v) is 7.02. The predicted molar refractivity (Wildman–Crippen MR) is 52.4 cm³/mol. The largest absolute Gasteiger partial charge is 0.324 e. The molecule has 0 amide bonds.